The van der Waals surface area contributed by atoms with E-state index in [4.69, 9.17) is 40.2 Å². The summed E-state index contributed by atoms with van der Waals surface area (Å²) in [7, 11) is 1.60. The Morgan fingerprint density at radius 2 is 2.04 bits per heavy atom. The fraction of sp³-hybridized carbons (Fsp3) is 0.250. The third-order valence-corrected chi connectivity index (χ3v) is 4.82. The van der Waals surface area contributed by atoms with Crippen LogP contribution in [0.3, 0.4) is 0 Å². The molecule has 1 aromatic carbocycles. The Bertz CT molecular complexity index is 753. The van der Waals surface area contributed by atoms with Crippen LogP contribution in [0.5, 0.6) is 5.75 Å². The van der Waals surface area contributed by atoms with Gasteiger partial charge in [0.05, 0.1) is 23.7 Å². The molecule has 0 radical (unpaired) electrons. The highest BCUT2D eigenvalue weighted by atomic mass is 35.5. The number of hydrogen-bond donors (Lipinski definition) is 2. The van der Waals surface area contributed by atoms with E-state index in [0.717, 1.165) is 11.1 Å². The van der Waals surface area contributed by atoms with Gasteiger partial charge in [-0.2, -0.15) is 0 Å². The van der Waals surface area contributed by atoms with Crippen LogP contribution < -0.4 is 15.4 Å². The van der Waals surface area contributed by atoms with E-state index >= 15 is 0 Å². The Morgan fingerprint density at radius 3 is 2.70 bits per heavy atom. The van der Waals surface area contributed by atoms with Crippen molar-refractivity contribution in [3.05, 3.63) is 57.8 Å². The number of aromatic nitrogens is 1. The van der Waals surface area contributed by atoms with Crippen LogP contribution in [0, 0.1) is 0 Å². The number of benzene rings is 1. The lowest BCUT2D eigenvalue weighted by Crippen LogP contribution is -2.39. The molecule has 3 rings (SSSR count). The molecule has 4 nitrogen and oxygen atoms in total. The van der Waals surface area contributed by atoms with Crippen molar-refractivity contribution in [1.82, 2.24) is 15.6 Å². The summed E-state index contributed by atoms with van der Waals surface area (Å²) in [5, 5.41) is 8.24. The second kappa shape index (κ2) is 6.15. The Kier molecular flexibility index (Phi) is 4.36. The molecule has 7 heteroatoms. The summed E-state index contributed by atoms with van der Waals surface area (Å²) in [6, 6.07) is 9.31. The maximum Gasteiger partial charge on any atom is 0.167 e. The molecule has 0 aliphatic carbocycles. The van der Waals surface area contributed by atoms with Gasteiger partial charge in [0, 0.05) is 6.20 Å². The lowest BCUT2D eigenvalue weighted by Gasteiger charge is -2.31. The molecule has 1 aliphatic heterocycles. The van der Waals surface area contributed by atoms with Crippen LogP contribution in [-0.2, 0) is 5.54 Å². The molecule has 2 heterocycles. The number of thiocarbonyl (C=S) groups is 1. The smallest absolute Gasteiger partial charge is 0.167 e. The Hall–Kier alpha value is -1.56. The fourth-order valence-electron chi connectivity index (χ4n) is 2.81. The number of pyridine rings is 1. The van der Waals surface area contributed by atoms with Gasteiger partial charge in [0.15, 0.2) is 5.11 Å². The van der Waals surface area contributed by atoms with Gasteiger partial charge in [0.25, 0.3) is 0 Å². The summed E-state index contributed by atoms with van der Waals surface area (Å²) in [4.78, 5) is 4.18. The fourth-order valence-corrected chi connectivity index (χ4v) is 3.45. The number of ether oxygens (including phenoxy) is 1. The second-order valence-electron chi connectivity index (χ2n) is 5.50. The van der Waals surface area contributed by atoms with E-state index in [1.54, 1.807) is 19.4 Å². The zero-order valence-electron chi connectivity index (χ0n) is 12.6. The molecule has 2 aromatic rings. The number of halogens is 2. The predicted octanol–water partition coefficient (Wildman–Crippen LogP) is 3.83. The maximum atomic E-state index is 6.13. The van der Waals surface area contributed by atoms with Crippen LogP contribution >= 0.6 is 35.4 Å². The summed E-state index contributed by atoms with van der Waals surface area (Å²) in [5.41, 5.74) is 1.53. The predicted molar refractivity (Wildman–Crippen MR) is 96.2 cm³/mol. The van der Waals surface area contributed by atoms with Gasteiger partial charge < -0.3 is 15.4 Å². The quantitative estimate of drug-likeness (QED) is 0.637. The number of rotatable bonds is 3. The minimum Gasteiger partial charge on any atom is -0.495 e. The topological polar surface area (TPSA) is 46.2 Å². The molecule has 0 unspecified atom stereocenters. The van der Waals surface area contributed by atoms with E-state index in [2.05, 4.69) is 22.5 Å². The largest absolute Gasteiger partial charge is 0.495 e. The molecule has 0 amide bonds. The molecule has 1 fully saturated rings. The van der Waals surface area contributed by atoms with Crippen molar-refractivity contribution in [1.29, 1.82) is 0 Å². The third kappa shape index (κ3) is 2.96. The average Bonchev–Trinajstić information content (AvgIpc) is 2.84. The van der Waals surface area contributed by atoms with Crippen LogP contribution in [0.25, 0.3) is 0 Å². The molecule has 2 atom stereocenters. The van der Waals surface area contributed by atoms with E-state index < -0.39 is 5.54 Å². The first kappa shape index (κ1) is 16.3. The zero-order chi connectivity index (χ0) is 16.6. The summed E-state index contributed by atoms with van der Waals surface area (Å²) in [6.07, 6.45) is 1.76. The Balaban J connectivity index is 2.06. The van der Waals surface area contributed by atoms with Crippen LogP contribution in [0.1, 0.15) is 24.1 Å². The molecule has 2 N–H and O–H groups in total. The molecule has 1 saturated heterocycles. The molecule has 1 aromatic heterocycles. The lowest BCUT2D eigenvalue weighted by molar-refractivity contribution is 0.374. The van der Waals surface area contributed by atoms with E-state index in [0.29, 0.717) is 21.0 Å². The molecule has 23 heavy (non-hydrogen) atoms. The van der Waals surface area contributed by atoms with Crippen molar-refractivity contribution in [3.8, 4) is 5.75 Å². The SMILES string of the molecule is COc1cc([C@H]2NC(=S)N[C@@]2(C)c2ccc(Cl)nc2)ccc1Cl. The number of methoxy groups -OCH3 is 1. The van der Waals surface area contributed by atoms with Gasteiger partial charge >= 0.3 is 0 Å². The molecule has 0 spiro atoms. The van der Waals surface area contributed by atoms with Gasteiger partial charge in [-0.25, -0.2) is 4.98 Å². The summed E-state index contributed by atoms with van der Waals surface area (Å²) in [6.45, 7) is 2.07. The normalized spacial score (nSPS) is 23.3. The standard InChI is InChI=1S/C16H15Cl2N3OS/c1-16(10-4-6-13(18)19-8-10)14(20-15(23)21-16)9-3-5-11(17)12(7-9)22-2/h3-8,14H,1-2H3,(H2,20,21,23)/t14-,16+/m1/s1. The average molecular weight is 368 g/mol. The van der Waals surface area contributed by atoms with E-state index in [1.807, 2.05) is 24.3 Å². The first-order chi connectivity index (χ1) is 10.9. The van der Waals surface area contributed by atoms with Gasteiger partial charge in [-0.15, -0.1) is 0 Å². The van der Waals surface area contributed by atoms with Gasteiger partial charge in [0.1, 0.15) is 10.9 Å². The van der Waals surface area contributed by atoms with Crippen molar-refractivity contribution in [2.75, 3.05) is 7.11 Å². The molecule has 0 saturated carbocycles. The molecule has 0 bridgehead atoms. The van der Waals surface area contributed by atoms with Crippen molar-refractivity contribution < 1.29 is 4.74 Å². The summed E-state index contributed by atoms with van der Waals surface area (Å²) < 4.78 is 5.32. The van der Waals surface area contributed by atoms with E-state index in [9.17, 15) is 0 Å². The second-order valence-corrected chi connectivity index (χ2v) is 6.70. The summed E-state index contributed by atoms with van der Waals surface area (Å²) >= 11 is 17.4. The monoisotopic (exact) mass is 367 g/mol. The maximum absolute atomic E-state index is 6.13. The molecular formula is C16H15Cl2N3OS. The molecule has 120 valence electrons. The minimum atomic E-state index is -0.465. The third-order valence-electron chi connectivity index (χ3n) is 4.06. The first-order valence-electron chi connectivity index (χ1n) is 6.98. The van der Waals surface area contributed by atoms with Crippen molar-refractivity contribution in [2.45, 2.75) is 18.5 Å². The van der Waals surface area contributed by atoms with Crippen molar-refractivity contribution in [3.63, 3.8) is 0 Å². The van der Waals surface area contributed by atoms with Crippen LogP contribution in [0.15, 0.2) is 36.5 Å². The molecule has 1 aliphatic rings. The Labute approximate surface area is 150 Å². The molecular weight excluding hydrogens is 353 g/mol. The van der Waals surface area contributed by atoms with Crippen LogP contribution in [-0.4, -0.2) is 17.2 Å². The van der Waals surface area contributed by atoms with Crippen molar-refractivity contribution >= 4 is 40.5 Å². The lowest BCUT2D eigenvalue weighted by atomic mass is 9.83. The zero-order valence-corrected chi connectivity index (χ0v) is 14.9. The number of nitrogens with one attached hydrogen (secondary N) is 2. The van der Waals surface area contributed by atoms with Crippen LogP contribution in [0.2, 0.25) is 10.2 Å². The van der Waals surface area contributed by atoms with Gasteiger partial charge in [-0.05, 0) is 48.5 Å². The first-order valence-corrected chi connectivity index (χ1v) is 8.14. The highest BCUT2D eigenvalue weighted by Crippen LogP contribution is 2.40. The van der Waals surface area contributed by atoms with Gasteiger partial charge in [-0.3, -0.25) is 0 Å². The number of nitrogens with zero attached hydrogens (tertiary/aromatic N) is 1. The van der Waals surface area contributed by atoms with E-state index in [-0.39, 0.29) is 6.04 Å². The Morgan fingerprint density at radius 1 is 1.26 bits per heavy atom. The highest BCUT2D eigenvalue weighted by molar-refractivity contribution is 7.80. The van der Waals surface area contributed by atoms with E-state index in [1.165, 1.54) is 0 Å². The van der Waals surface area contributed by atoms with Gasteiger partial charge in [0.2, 0.25) is 0 Å². The highest BCUT2D eigenvalue weighted by Gasteiger charge is 2.43. The van der Waals surface area contributed by atoms with Crippen LogP contribution in [0.4, 0.5) is 0 Å². The summed E-state index contributed by atoms with van der Waals surface area (Å²) in [5.74, 6) is 0.625. The minimum absolute atomic E-state index is 0.0934. The van der Waals surface area contributed by atoms with Gasteiger partial charge in [-0.1, -0.05) is 35.3 Å². The number of hydrogen-bond acceptors (Lipinski definition) is 3. The van der Waals surface area contributed by atoms with Crippen molar-refractivity contribution in [2.24, 2.45) is 0 Å².